The summed E-state index contributed by atoms with van der Waals surface area (Å²) in [6.07, 6.45) is 2.84. The highest BCUT2D eigenvalue weighted by Crippen LogP contribution is 2.20. The molecule has 0 aliphatic rings. The lowest BCUT2D eigenvalue weighted by Crippen LogP contribution is -2.46. The highest BCUT2D eigenvalue weighted by Gasteiger charge is 2.31. The standard InChI is InChI=1S/C25H30N2O4S/c1-3-21(2)27(32(29,30)24-14-8-5-9-15-24)20-25(28)26(19-23-13-10-18-31-23)17-16-22-11-6-4-7-12-22/h4-15,18,21H,3,16-17,19-20H2,1-2H3/t21-/m1/s1. The van der Waals surface area contributed by atoms with E-state index in [1.165, 1.54) is 4.31 Å². The molecule has 0 radical (unpaired) electrons. The van der Waals surface area contributed by atoms with Gasteiger partial charge < -0.3 is 9.32 Å². The smallest absolute Gasteiger partial charge is 0.243 e. The molecule has 170 valence electrons. The molecule has 2 aromatic carbocycles. The van der Waals surface area contributed by atoms with Gasteiger partial charge >= 0.3 is 0 Å². The third-order valence-electron chi connectivity index (χ3n) is 5.52. The van der Waals surface area contributed by atoms with Crippen LogP contribution in [0.2, 0.25) is 0 Å². The van der Waals surface area contributed by atoms with Crippen LogP contribution in [-0.4, -0.2) is 42.7 Å². The Morgan fingerprint density at radius 2 is 1.62 bits per heavy atom. The molecular weight excluding hydrogens is 424 g/mol. The zero-order chi connectivity index (χ0) is 23.0. The fourth-order valence-corrected chi connectivity index (χ4v) is 5.11. The molecule has 3 rings (SSSR count). The predicted molar refractivity (Wildman–Crippen MR) is 124 cm³/mol. The Morgan fingerprint density at radius 1 is 0.969 bits per heavy atom. The summed E-state index contributed by atoms with van der Waals surface area (Å²) in [5, 5.41) is 0. The van der Waals surface area contributed by atoms with Crippen LogP contribution in [0.15, 0.2) is 88.4 Å². The molecule has 6 nitrogen and oxygen atoms in total. The van der Waals surface area contributed by atoms with Gasteiger partial charge in [-0.1, -0.05) is 55.5 Å². The largest absolute Gasteiger partial charge is 0.467 e. The van der Waals surface area contributed by atoms with Gasteiger partial charge in [-0.05, 0) is 49.6 Å². The van der Waals surface area contributed by atoms with Gasteiger partial charge in [-0.15, -0.1) is 0 Å². The van der Waals surface area contributed by atoms with Crippen LogP contribution in [0, 0.1) is 0 Å². The van der Waals surface area contributed by atoms with Crippen LogP contribution < -0.4 is 0 Å². The van der Waals surface area contributed by atoms with E-state index < -0.39 is 10.0 Å². The lowest BCUT2D eigenvalue weighted by molar-refractivity contribution is -0.132. The molecule has 0 aliphatic carbocycles. The van der Waals surface area contributed by atoms with E-state index in [4.69, 9.17) is 4.42 Å². The number of carbonyl (C=O) groups excluding carboxylic acids is 1. The Kier molecular flexibility index (Phi) is 8.25. The van der Waals surface area contributed by atoms with Gasteiger partial charge in [-0.2, -0.15) is 4.31 Å². The van der Waals surface area contributed by atoms with E-state index in [1.807, 2.05) is 50.2 Å². The third kappa shape index (κ3) is 6.08. The second kappa shape index (κ2) is 11.1. The monoisotopic (exact) mass is 454 g/mol. The first-order valence-corrected chi connectivity index (χ1v) is 12.3. The van der Waals surface area contributed by atoms with Gasteiger partial charge in [0.2, 0.25) is 15.9 Å². The number of benzene rings is 2. The molecule has 0 aliphatic heterocycles. The van der Waals surface area contributed by atoms with Gasteiger partial charge in [-0.3, -0.25) is 4.79 Å². The van der Waals surface area contributed by atoms with Crippen LogP contribution in [0.1, 0.15) is 31.6 Å². The number of rotatable bonds is 11. The lowest BCUT2D eigenvalue weighted by Gasteiger charge is -2.30. The molecule has 0 N–H and O–H groups in total. The molecule has 0 saturated carbocycles. The second-order valence-electron chi connectivity index (χ2n) is 7.75. The average Bonchev–Trinajstić information content (AvgIpc) is 3.34. The minimum atomic E-state index is -3.81. The number of amides is 1. The zero-order valence-electron chi connectivity index (χ0n) is 18.6. The number of hydrogen-bond acceptors (Lipinski definition) is 4. The van der Waals surface area contributed by atoms with E-state index in [0.717, 1.165) is 5.56 Å². The van der Waals surface area contributed by atoms with E-state index in [9.17, 15) is 13.2 Å². The van der Waals surface area contributed by atoms with Gasteiger partial charge in [-0.25, -0.2) is 8.42 Å². The molecule has 32 heavy (non-hydrogen) atoms. The number of nitrogens with zero attached hydrogens (tertiary/aromatic N) is 2. The lowest BCUT2D eigenvalue weighted by atomic mass is 10.1. The van der Waals surface area contributed by atoms with Crippen molar-refractivity contribution in [3.8, 4) is 0 Å². The summed E-state index contributed by atoms with van der Waals surface area (Å²) in [7, 11) is -3.81. The quantitative estimate of drug-likeness (QED) is 0.432. The molecule has 7 heteroatoms. The van der Waals surface area contributed by atoms with Crippen LogP contribution in [0.5, 0.6) is 0 Å². The maximum Gasteiger partial charge on any atom is 0.243 e. The minimum absolute atomic E-state index is 0.190. The van der Waals surface area contributed by atoms with Gasteiger partial charge in [0.25, 0.3) is 0 Å². The third-order valence-corrected chi connectivity index (χ3v) is 7.49. The van der Waals surface area contributed by atoms with E-state index in [2.05, 4.69) is 0 Å². The molecule has 0 saturated heterocycles. The Bertz CT molecular complexity index is 1070. The SMILES string of the molecule is CC[C@@H](C)N(CC(=O)N(CCc1ccccc1)Cc1ccco1)S(=O)(=O)c1ccccc1. The van der Waals surface area contributed by atoms with Gasteiger partial charge in [0, 0.05) is 12.6 Å². The molecule has 0 spiro atoms. The molecular formula is C25H30N2O4S. The Morgan fingerprint density at radius 3 is 2.22 bits per heavy atom. The maximum absolute atomic E-state index is 13.4. The summed E-state index contributed by atoms with van der Waals surface area (Å²) in [6.45, 7) is 4.27. The van der Waals surface area contributed by atoms with E-state index >= 15 is 0 Å². The predicted octanol–water partition coefficient (Wildman–Crippen LogP) is 4.34. The average molecular weight is 455 g/mol. The van der Waals surface area contributed by atoms with Crippen LogP contribution >= 0.6 is 0 Å². The second-order valence-corrected chi connectivity index (χ2v) is 9.64. The summed E-state index contributed by atoms with van der Waals surface area (Å²) in [5.41, 5.74) is 1.11. The van der Waals surface area contributed by atoms with Gasteiger partial charge in [0.15, 0.2) is 0 Å². The van der Waals surface area contributed by atoms with Gasteiger partial charge in [0.05, 0.1) is 24.2 Å². The van der Waals surface area contributed by atoms with Crippen LogP contribution in [0.3, 0.4) is 0 Å². The topological polar surface area (TPSA) is 70.8 Å². The van der Waals surface area contributed by atoms with Gasteiger partial charge in [0.1, 0.15) is 5.76 Å². The molecule has 0 fully saturated rings. The highest BCUT2D eigenvalue weighted by molar-refractivity contribution is 7.89. The van der Waals surface area contributed by atoms with E-state index in [0.29, 0.717) is 31.7 Å². The minimum Gasteiger partial charge on any atom is -0.467 e. The molecule has 3 aromatic rings. The molecule has 0 bridgehead atoms. The summed E-state index contributed by atoms with van der Waals surface area (Å²) in [4.78, 5) is 15.2. The molecule has 1 aromatic heterocycles. The van der Waals surface area contributed by atoms with Crippen molar-refractivity contribution in [2.75, 3.05) is 13.1 Å². The van der Waals surface area contributed by atoms with Crippen LogP contribution in [-0.2, 0) is 27.8 Å². The Balaban J connectivity index is 1.82. The number of hydrogen-bond donors (Lipinski definition) is 0. The van der Waals surface area contributed by atoms with E-state index in [-0.39, 0.29) is 23.4 Å². The van der Waals surface area contributed by atoms with Crippen molar-refractivity contribution in [2.24, 2.45) is 0 Å². The first kappa shape index (κ1) is 23.8. The zero-order valence-corrected chi connectivity index (χ0v) is 19.4. The molecule has 0 unspecified atom stereocenters. The Labute approximate surface area is 190 Å². The first-order chi connectivity index (χ1) is 15.4. The van der Waals surface area contributed by atoms with Crippen molar-refractivity contribution in [3.63, 3.8) is 0 Å². The van der Waals surface area contributed by atoms with Crippen molar-refractivity contribution in [3.05, 3.63) is 90.4 Å². The number of furan rings is 1. The maximum atomic E-state index is 13.4. The van der Waals surface area contributed by atoms with Crippen molar-refractivity contribution in [1.82, 2.24) is 9.21 Å². The summed E-state index contributed by atoms with van der Waals surface area (Å²) in [6, 6.07) is 21.5. The van der Waals surface area contributed by atoms with Crippen molar-refractivity contribution in [2.45, 2.75) is 44.2 Å². The summed E-state index contributed by atoms with van der Waals surface area (Å²) < 4.78 is 33.4. The Hall–Kier alpha value is -2.90. The molecule has 1 amide bonds. The molecule has 1 atom stereocenters. The molecule has 1 heterocycles. The summed E-state index contributed by atoms with van der Waals surface area (Å²) in [5.74, 6) is 0.407. The fourth-order valence-electron chi connectivity index (χ4n) is 3.43. The van der Waals surface area contributed by atoms with Crippen molar-refractivity contribution in [1.29, 1.82) is 0 Å². The highest BCUT2D eigenvalue weighted by atomic mass is 32.2. The van der Waals surface area contributed by atoms with Crippen molar-refractivity contribution >= 4 is 15.9 Å². The number of carbonyl (C=O) groups is 1. The van der Waals surface area contributed by atoms with Crippen LogP contribution in [0.25, 0.3) is 0 Å². The first-order valence-electron chi connectivity index (χ1n) is 10.8. The summed E-state index contributed by atoms with van der Waals surface area (Å²) >= 11 is 0. The van der Waals surface area contributed by atoms with Crippen molar-refractivity contribution < 1.29 is 17.6 Å². The fraction of sp³-hybridized carbons (Fsp3) is 0.320. The van der Waals surface area contributed by atoms with E-state index in [1.54, 1.807) is 47.6 Å². The van der Waals surface area contributed by atoms with Crippen LogP contribution in [0.4, 0.5) is 0 Å². The number of sulfonamides is 1. The normalized spacial score (nSPS) is 12.6.